The van der Waals surface area contributed by atoms with Gasteiger partial charge in [0.1, 0.15) is 0 Å². The van der Waals surface area contributed by atoms with Gasteiger partial charge in [0, 0.05) is 5.75 Å². The Balaban J connectivity index is 2.02. The van der Waals surface area contributed by atoms with Crippen molar-refractivity contribution in [2.45, 2.75) is 38.6 Å². The van der Waals surface area contributed by atoms with Crippen LogP contribution < -0.4 is 5.32 Å². The molecule has 106 valence electrons. The van der Waals surface area contributed by atoms with Crippen LogP contribution in [0.4, 0.5) is 0 Å². The molecule has 0 aromatic carbocycles. The van der Waals surface area contributed by atoms with E-state index in [0.717, 1.165) is 12.2 Å². The smallest absolute Gasteiger partial charge is 0.307 e. The average molecular weight is 285 g/mol. The minimum absolute atomic E-state index is 0.0101. The van der Waals surface area contributed by atoms with Gasteiger partial charge in [-0.15, -0.1) is 0 Å². The maximum atomic E-state index is 12.2. The standard InChI is InChI=1S/C13H19NO4S/c1-7-2-3-8(12(16)17)9(6-7)11(15)14-10-4-5-19-13(10)18/h7-10H,2-6H2,1H3,(H,14,15)(H,16,17). The summed E-state index contributed by atoms with van der Waals surface area (Å²) in [7, 11) is 0. The fraction of sp³-hybridized carbons (Fsp3) is 0.769. The van der Waals surface area contributed by atoms with Gasteiger partial charge in [-0.3, -0.25) is 14.4 Å². The van der Waals surface area contributed by atoms with Gasteiger partial charge in [-0.05, 0) is 31.6 Å². The van der Waals surface area contributed by atoms with Gasteiger partial charge in [-0.2, -0.15) is 0 Å². The molecule has 0 aromatic heterocycles. The second kappa shape index (κ2) is 5.94. The largest absolute Gasteiger partial charge is 0.481 e. The first-order valence-corrected chi connectivity index (χ1v) is 7.67. The Bertz CT molecular complexity index is 398. The first-order chi connectivity index (χ1) is 8.99. The van der Waals surface area contributed by atoms with E-state index in [2.05, 4.69) is 5.32 Å². The molecule has 0 spiro atoms. The highest BCUT2D eigenvalue weighted by Gasteiger charge is 2.39. The summed E-state index contributed by atoms with van der Waals surface area (Å²) in [6.45, 7) is 2.04. The van der Waals surface area contributed by atoms with E-state index in [0.29, 0.717) is 25.2 Å². The molecule has 1 saturated heterocycles. The van der Waals surface area contributed by atoms with Gasteiger partial charge in [0.25, 0.3) is 0 Å². The van der Waals surface area contributed by atoms with Crippen molar-refractivity contribution in [1.82, 2.24) is 5.32 Å². The zero-order valence-electron chi connectivity index (χ0n) is 10.9. The minimum Gasteiger partial charge on any atom is -0.481 e. The summed E-state index contributed by atoms with van der Waals surface area (Å²) in [5, 5.41) is 11.9. The van der Waals surface area contributed by atoms with Gasteiger partial charge in [-0.25, -0.2) is 0 Å². The van der Waals surface area contributed by atoms with Gasteiger partial charge in [0.15, 0.2) is 0 Å². The average Bonchev–Trinajstić information content (AvgIpc) is 2.74. The molecule has 1 aliphatic carbocycles. The zero-order valence-corrected chi connectivity index (χ0v) is 11.7. The molecule has 0 radical (unpaired) electrons. The highest BCUT2D eigenvalue weighted by atomic mass is 32.2. The van der Waals surface area contributed by atoms with Crippen molar-refractivity contribution >= 4 is 28.8 Å². The highest BCUT2D eigenvalue weighted by Crippen LogP contribution is 2.34. The van der Waals surface area contributed by atoms with Crippen LogP contribution >= 0.6 is 11.8 Å². The molecule has 2 N–H and O–H groups in total. The zero-order chi connectivity index (χ0) is 14.0. The lowest BCUT2D eigenvalue weighted by atomic mass is 9.74. The van der Waals surface area contributed by atoms with Crippen LogP contribution in [0.1, 0.15) is 32.6 Å². The summed E-state index contributed by atoms with van der Waals surface area (Å²) >= 11 is 1.23. The Hall–Kier alpha value is -1.04. The summed E-state index contributed by atoms with van der Waals surface area (Å²) in [6, 6.07) is -0.427. The van der Waals surface area contributed by atoms with E-state index in [4.69, 9.17) is 0 Å². The molecule has 4 atom stereocenters. The number of amides is 1. The lowest BCUT2D eigenvalue weighted by Crippen LogP contribution is -2.46. The lowest BCUT2D eigenvalue weighted by molar-refractivity contribution is -0.149. The van der Waals surface area contributed by atoms with E-state index in [1.807, 2.05) is 6.92 Å². The minimum atomic E-state index is -0.904. The quantitative estimate of drug-likeness (QED) is 0.816. The highest BCUT2D eigenvalue weighted by molar-refractivity contribution is 8.14. The second-order valence-electron chi connectivity index (χ2n) is 5.49. The first kappa shape index (κ1) is 14.4. The number of thioether (sulfide) groups is 1. The van der Waals surface area contributed by atoms with Gasteiger partial charge < -0.3 is 10.4 Å². The molecule has 19 heavy (non-hydrogen) atoms. The Morgan fingerprint density at radius 2 is 2.00 bits per heavy atom. The Kier molecular flexibility index (Phi) is 4.50. The van der Waals surface area contributed by atoms with Crippen molar-refractivity contribution in [3.05, 3.63) is 0 Å². The van der Waals surface area contributed by atoms with Crippen LogP contribution in [0.2, 0.25) is 0 Å². The van der Waals surface area contributed by atoms with Gasteiger partial charge in [0.2, 0.25) is 11.0 Å². The first-order valence-electron chi connectivity index (χ1n) is 6.69. The fourth-order valence-electron chi connectivity index (χ4n) is 2.87. The molecule has 0 aromatic rings. The van der Waals surface area contributed by atoms with Crippen molar-refractivity contribution in [3.63, 3.8) is 0 Å². The summed E-state index contributed by atoms with van der Waals surface area (Å²) in [5.74, 6) is -1.19. The maximum Gasteiger partial charge on any atom is 0.307 e. The SMILES string of the molecule is CC1CCC(C(=O)O)C(C(=O)NC2CCSC2=O)C1. The van der Waals surface area contributed by atoms with Crippen molar-refractivity contribution < 1.29 is 19.5 Å². The predicted octanol–water partition coefficient (Wildman–Crippen LogP) is 1.27. The third-order valence-electron chi connectivity index (χ3n) is 4.02. The van der Waals surface area contributed by atoms with E-state index in [9.17, 15) is 19.5 Å². The Morgan fingerprint density at radius 3 is 2.58 bits per heavy atom. The molecule has 6 heteroatoms. The molecule has 5 nitrogen and oxygen atoms in total. The summed E-state index contributed by atoms with van der Waals surface area (Å²) in [5.41, 5.74) is 0. The third kappa shape index (κ3) is 3.29. The van der Waals surface area contributed by atoms with E-state index in [-0.39, 0.29) is 11.0 Å². The Labute approximate surface area is 116 Å². The molecule has 1 aliphatic heterocycles. The van der Waals surface area contributed by atoms with Crippen LogP contribution in [0.15, 0.2) is 0 Å². The third-order valence-corrected chi connectivity index (χ3v) is 5.03. The number of aliphatic carboxylic acids is 1. The number of rotatable bonds is 3. The molecule has 1 amide bonds. The summed E-state index contributed by atoms with van der Waals surface area (Å²) in [4.78, 5) is 35.0. The number of carboxylic acids is 1. The Morgan fingerprint density at radius 1 is 1.26 bits per heavy atom. The van der Waals surface area contributed by atoms with Crippen molar-refractivity contribution in [2.75, 3.05) is 5.75 Å². The van der Waals surface area contributed by atoms with Crippen LogP contribution in [-0.2, 0) is 14.4 Å². The van der Waals surface area contributed by atoms with Crippen molar-refractivity contribution in [2.24, 2.45) is 17.8 Å². The summed E-state index contributed by atoms with van der Waals surface area (Å²) in [6.07, 6.45) is 2.63. The maximum absolute atomic E-state index is 12.2. The van der Waals surface area contributed by atoms with Crippen LogP contribution in [0.3, 0.4) is 0 Å². The van der Waals surface area contributed by atoms with Crippen molar-refractivity contribution in [3.8, 4) is 0 Å². The molecule has 4 unspecified atom stereocenters. The number of hydrogen-bond acceptors (Lipinski definition) is 4. The van der Waals surface area contributed by atoms with E-state index >= 15 is 0 Å². The molecule has 2 rings (SSSR count). The molecule has 0 bridgehead atoms. The van der Waals surface area contributed by atoms with Crippen LogP contribution in [0.5, 0.6) is 0 Å². The fourth-order valence-corrected chi connectivity index (χ4v) is 3.80. The molecule has 2 fully saturated rings. The van der Waals surface area contributed by atoms with Crippen LogP contribution in [0.25, 0.3) is 0 Å². The van der Waals surface area contributed by atoms with Gasteiger partial charge >= 0.3 is 5.97 Å². The predicted molar refractivity (Wildman–Crippen MR) is 71.6 cm³/mol. The number of nitrogens with one attached hydrogen (secondary N) is 1. The van der Waals surface area contributed by atoms with Crippen LogP contribution in [-0.4, -0.2) is 33.9 Å². The van der Waals surface area contributed by atoms with E-state index < -0.39 is 23.8 Å². The number of hydrogen-bond donors (Lipinski definition) is 2. The number of carboxylic acid groups (broad SMARTS) is 1. The second-order valence-corrected chi connectivity index (χ2v) is 6.59. The van der Waals surface area contributed by atoms with Gasteiger partial charge in [0.05, 0.1) is 17.9 Å². The van der Waals surface area contributed by atoms with Gasteiger partial charge in [-0.1, -0.05) is 18.7 Å². The molecule has 2 aliphatic rings. The molecule has 1 heterocycles. The van der Waals surface area contributed by atoms with E-state index in [1.165, 1.54) is 11.8 Å². The normalized spacial score (nSPS) is 35.1. The molecular formula is C13H19NO4S. The monoisotopic (exact) mass is 285 g/mol. The molecular weight excluding hydrogens is 266 g/mol. The van der Waals surface area contributed by atoms with Crippen LogP contribution in [0, 0.1) is 17.8 Å². The topological polar surface area (TPSA) is 83.5 Å². The molecule has 1 saturated carbocycles. The number of carbonyl (C=O) groups is 3. The number of carbonyl (C=O) groups excluding carboxylic acids is 2. The van der Waals surface area contributed by atoms with Crippen molar-refractivity contribution in [1.29, 1.82) is 0 Å². The van der Waals surface area contributed by atoms with E-state index in [1.54, 1.807) is 0 Å². The summed E-state index contributed by atoms with van der Waals surface area (Å²) < 4.78 is 0. The lowest BCUT2D eigenvalue weighted by Gasteiger charge is -2.31.